The average Bonchev–Trinajstić information content (AvgIpc) is 2.30. The standard InChI is InChI=1S/C13H27N3/c1-11-3-8-16(13(9-11)10-14)12-4-6-15(2)7-5-12/h11-13H,3-10,14H2,1-2H3. The van der Waals surface area contributed by atoms with Crippen LogP contribution in [0.4, 0.5) is 0 Å². The molecule has 2 heterocycles. The minimum atomic E-state index is 0.650. The molecule has 0 spiro atoms. The van der Waals surface area contributed by atoms with E-state index in [9.17, 15) is 0 Å². The number of rotatable bonds is 2. The molecule has 2 fully saturated rings. The highest BCUT2D eigenvalue weighted by Crippen LogP contribution is 2.27. The third kappa shape index (κ3) is 2.76. The van der Waals surface area contributed by atoms with Gasteiger partial charge in [-0.15, -0.1) is 0 Å². The maximum Gasteiger partial charge on any atom is 0.0223 e. The summed E-state index contributed by atoms with van der Waals surface area (Å²) >= 11 is 0. The summed E-state index contributed by atoms with van der Waals surface area (Å²) < 4.78 is 0. The van der Waals surface area contributed by atoms with Gasteiger partial charge in [-0.2, -0.15) is 0 Å². The number of likely N-dealkylation sites (tertiary alicyclic amines) is 2. The van der Waals surface area contributed by atoms with Gasteiger partial charge in [-0.05, 0) is 58.3 Å². The summed E-state index contributed by atoms with van der Waals surface area (Å²) in [6.45, 7) is 7.00. The Kier molecular flexibility index (Phi) is 4.22. The topological polar surface area (TPSA) is 32.5 Å². The van der Waals surface area contributed by atoms with Crippen molar-refractivity contribution in [3.05, 3.63) is 0 Å². The maximum atomic E-state index is 5.94. The van der Waals surface area contributed by atoms with E-state index in [0.717, 1.165) is 18.5 Å². The fraction of sp³-hybridized carbons (Fsp3) is 1.00. The molecule has 0 bridgehead atoms. The maximum absolute atomic E-state index is 5.94. The normalized spacial score (nSPS) is 35.4. The molecule has 2 unspecified atom stereocenters. The highest BCUT2D eigenvalue weighted by Gasteiger charge is 2.31. The van der Waals surface area contributed by atoms with Crippen molar-refractivity contribution < 1.29 is 0 Å². The third-order valence-electron chi connectivity index (χ3n) is 4.45. The summed E-state index contributed by atoms with van der Waals surface area (Å²) in [6, 6.07) is 1.45. The van der Waals surface area contributed by atoms with Crippen LogP contribution in [-0.4, -0.2) is 55.1 Å². The zero-order valence-corrected chi connectivity index (χ0v) is 10.9. The van der Waals surface area contributed by atoms with Gasteiger partial charge in [0.05, 0.1) is 0 Å². The van der Waals surface area contributed by atoms with E-state index in [2.05, 4.69) is 23.8 Å². The van der Waals surface area contributed by atoms with Crippen LogP contribution in [0.15, 0.2) is 0 Å². The first kappa shape index (κ1) is 12.3. The van der Waals surface area contributed by atoms with Crippen molar-refractivity contribution in [2.24, 2.45) is 11.7 Å². The van der Waals surface area contributed by atoms with Crippen molar-refractivity contribution in [3.8, 4) is 0 Å². The first-order chi connectivity index (χ1) is 7.70. The highest BCUT2D eigenvalue weighted by molar-refractivity contribution is 4.88. The fourth-order valence-corrected chi connectivity index (χ4v) is 3.31. The number of piperidine rings is 2. The van der Waals surface area contributed by atoms with Gasteiger partial charge >= 0.3 is 0 Å². The number of nitrogens with two attached hydrogens (primary N) is 1. The Morgan fingerprint density at radius 1 is 1.12 bits per heavy atom. The van der Waals surface area contributed by atoms with E-state index in [1.165, 1.54) is 45.3 Å². The van der Waals surface area contributed by atoms with Crippen LogP contribution in [0.1, 0.15) is 32.6 Å². The molecule has 0 aliphatic carbocycles. The number of nitrogens with zero attached hydrogens (tertiary/aromatic N) is 2. The van der Waals surface area contributed by atoms with Gasteiger partial charge in [-0.1, -0.05) is 6.92 Å². The second-order valence-electron chi connectivity index (χ2n) is 5.79. The summed E-state index contributed by atoms with van der Waals surface area (Å²) in [4.78, 5) is 5.16. The molecule has 0 aromatic heterocycles. The van der Waals surface area contributed by atoms with Crippen LogP contribution in [-0.2, 0) is 0 Å². The van der Waals surface area contributed by atoms with E-state index in [1.54, 1.807) is 0 Å². The lowest BCUT2D eigenvalue weighted by Crippen LogP contribution is -2.53. The van der Waals surface area contributed by atoms with Gasteiger partial charge in [0.15, 0.2) is 0 Å². The van der Waals surface area contributed by atoms with Crippen LogP contribution in [0, 0.1) is 5.92 Å². The van der Waals surface area contributed by atoms with Crippen LogP contribution in [0.5, 0.6) is 0 Å². The molecule has 0 aromatic rings. The van der Waals surface area contributed by atoms with Crippen molar-refractivity contribution in [1.29, 1.82) is 0 Å². The quantitative estimate of drug-likeness (QED) is 0.765. The Morgan fingerprint density at radius 2 is 1.81 bits per heavy atom. The van der Waals surface area contributed by atoms with E-state index >= 15 is 0 Å². The SMILES string of the molecule is CC1CCN(C2CCN(C)CC2)C(CN)C1. The van der Waals surface area contributed by atoms with E-state index in [0.29, 0.717) is 6.04 Å². The smallest absolute Gasteiger partial charge is 0.0223 e. The predicted molar refractivity (Wildman–Crippen MR) is 68.5 cm³/mol. The molecule has 94 valence electrons. The number of hydrogen-bond donors (Lipinski definition) is 1. The Bertz CT molecular complexity index is 211. The molecule has 2 saturated heterocycles. The van der Waals surface area contributed by atoms with Crippen molar-refractivity contribution >= 4 is 0 Å². The summed E-state index contributed by atoms with van der Waals surface area (Å²) in [5.41, 5.74) is 5.94. The van der Waals surface area contributed by atoms with E-state index < -0.39 is 0 Å². The summed E-state index contributed by atoms with van der Waals surface area (Å²) in [5.74, 6) is 0.871. The van der Waals surface area contributed by atoms with E-state index in [4.69, 9.17) is 5.73 Å². The zero-order valence-electron chi connectivity index (χ0n) is 10.9. The molecule has 2 aliphatic rings. The zero-order chi connectivity index (χ0) is 11.5. The third-order valence-corrected chi connectivity index (χ3v) is 4.45. The molecular weight excluding hydrogens is 198 g/mol. The monoisotopic (exact) mass is 225 g/mol. The average molecular weight is 225 g/mol. The van der Waals surface area contributed by atoms with Crippen molar-refractivity contribution in [1.82, 2.24) is 9.80 Å². The Morgan fingerprint density at radius 3 is 2.44 bits per heavy atom. The van der Waals surface area contributed by atoms with E-state index in [1.807, 2.05) is 0 Å². The molecule has 0 aromatic carbocycles. The first-order valence-corrected chi connectivity index (χ1v) is 6.85. The largest absolute Gasteiger partial charge is 0.329 e. The van der Waals surface area contributed by atoms with Gasteiger partial charge in [0.25, 0.3) is 0 Å². The molecule has 0 radical (unpaired) electrons. The Hall–Kier alpha value is -0.120. The molecule has 3 nitrogen and oxygen atoms in total. The summed E-state index contributed by atoms with van der Waals surface area (Å²) in [5, 5.41) is 0. The lowest BCUT2D eigenvalue weighted by atomic mass is 9.89. The highest BCUT2D eigenvalue weighted by atomic mass is 15.2. The second kappa shape index (κ2) is 5.48. The van der Waals surface area contributed by atoms with E-state index in [-0.39, 0.29) is 0 Å². The Labute approximate surface area is 100.0 Å². The van der Waals surface area contributed by atoms with Crippen molar-refractivity contribution in [2.45, 2.75) is 44.7 Å². The van der Waals surface area contributed by atoms with Crippen LogP contribution < -0.4 is 5.73 Å². The van der Waals surface area contributed by atoms with Crippen molar-refractivity contribution in [3.63, 3.8) is 0 Å². The molecule has 2 aliphatic heterocycles. The van der Waals surface area contributed by atoms with Gasteiger partial charge in [0, 0.05) is 18.6 Å². The lowest BCUT2D eigenvalue weighted by Gasteiger charge is -2.45. The second-order valence-corrected chi connectivity index (χ2v) is 5.79. The van der Waals surface area contributed by atoms with Gasteiger partial charge in [-0.3, -0.25) is 4.90 Å². The lowest BCUT2D eigenvalue weighted by molar-refractivity contribution is 0.0439. The molecular formula is C13H27N3. The van der Waals surface area contributed by atoms with Crippen LogP contribution in [0.25, 0.3) is 0 Å². The number of hydrogen-bond acceptors (Lipinski definition) is 3. The van der Waals surface area contributed by atoms with Gasteiger partial charge in [-0.25, -0.2) is 0 Å². The predicted octanol–water partition coefficient (Wildman–Crippen LogP) is 1.14. The first-order valence-electron chi connectivity index (χ1n) is 6.85. The summed E-state index contributed by atoms with van der Waals surface area (Å²) in [6.07, 6.45) is 5.34. The molecule has 16 heavy (non-hydrogen) atoms. The van der Waals surface area contributed by atoms with Crippen LogP contribution >= 0.6 is 0 Å². The Balaban J connectivity index is 1.91. The minimum Gasteiger partial charge on any atom is -0.329 e. The van der Waals surface area contributed by atoms with Gasteiger partial charge < -0.3 is 10.6 Å². The molecule has 0 amide bonds. The van der Waals surface area contributed by atoms with Gasteiger partial charge in [0.1, 0.15) is 0 Å². The van der Waals surface area contributed by atoms with Gasteiger partial charge in [0.2, 0.25) is 0 Å². The molecule has 2 atom stereocenters. The molecule has 2 N–H and O–H groups in total. The molecule has 2 rings (SSSR count). The molecule has 3 heteroatoms. The fourth-order valence-electron chi connectivity index (χ4n) is 3.31. The molecule has 0 saturated carbocycles. The minimum absolute atomic E-state index is 0.650. The van der Waals surface area contributed by atoms with Crippen molar-refractivity contribution in [2.75, 3.05) is 33.2 Å². The summed E-state index contributed by atoms with van der Waals surface area (Å²) in [7, 11) is 2.23. The van der Waals surface area contributed by atoms with Crippen LogP contribution in [0.3, 0.4) is 0 Å². The van der Waals surface area contributed by atoms with Crippen LogP contribution in [0.2, 0.25) is 0 Å².